The normalized spacial score (nSPS) is 18.8. The Morgan fingerprint density at radius 3 is 2.97 bits per heavy atom. The van der Waals surface area contributed by atoms with Gasteiger partial charge in [-0.25, -0.2) is 12.4 Å². The Labute approximate surface area is 173 Å². The van der Waals surface area contributed by atoms with Gasteiger partial charge in [-0.2, -0.15) is 0 Å². The lowest BCUT2D eigenvalue weighted by Crippen LogP contribution is -2.32. The Kier molecular flexibility index (Phi) is 4.56. The molecule has 2 N–H and O–H groups in total. The van der Waals surface area contributed by atoms with Crippen molar-refractivity contribution < 1.29 is 17.9 Å². The molecule has 0 saturated heterocycles. The predicted octanol–water partition coefficient (Wildman–Crippen LogP) is 2.02. The molecule has 2 aromatic heterocycles. The average molecular weight is 424 g/mol. The van der Waals surface area contributed by atoms with Crippen molar-refractivity contribution in [1.29, 1.82) is 0 Å². The molecule has 0 bridgehead atoms. The summed E-state index contributed by atoms with van der Waals surface area (Å²) in [4.78, 5) is 15.7. The lowest BCUT2D eigenvalue weighted by molar-refractivity contribution is -0.109. The number of benzene rings is 1. The highest BCUT2D eigenvalue weighted by atomic mass is 32.2. The second-order valence-corrected chi connectivity index (χ2v) is 9.07. The molecule has 3 aromatic rings. The molecule has 0 spiro atoms. The molecule has 1 aromatic carbocycles. The van der Waals surface area contributed by atoms with E-state index in [1.165, 1.54) is 16.1 Å². The number of nitrogens with zero attached hydrogens (tertiary/aromatic N) is 2. The maximum absolute atomic E-state index is 13.5. The zero-order valence-corrected chi connectivity index (χ0v) is 16.9. The molecular weight excluding hydrogens is 404 g/mol. The van der Waals surface area contributed by atoms with Gasteiger partial charge in [0.1, 0.15) is 24.7 Å². The molecule has 4 heterocycles. The molecule has 154 valence electrons. The van der Waals surface area contributed by atoms with Crippen LogP contribution >= 0.6 is 0 Å². The monoisotopic (exact) mass is 424 g/mol. The molecule has 0 aliphatic carbocycles. The van der Waals surface area contributed by atoms with Gasteiger partial charge >= 0.3 is 0 Å². The standard InChI is InChI=1S/C21H20N4O4S/c26-12-15-13-29-20-4-3-16(10-18(20)24-15)30(27,28)25-11-17(14-5-8-22-9-6-14)21-19(25)2-1-7-23-21/h1-5,7,10-12,15,22,24H,6,8-9,13H2. The van der Waals surface area contributed by atoms with Crippen molar-refractivity contribution in [3.05, 3.63) is 54.4 Å². The van der Waals surface area contributed by atoms with E-state index in [2.05, 4.69) is 21.7 Å². The van der Waals surface area contributed by atoms with Crippen molar-refractivity contribution in [3.63, 3.8) is 0 Å². The van der Waals surface area contributed by atoms with Crippen LogP contribution in [0.2, 0.25) is 0 Å². The Hall–Kier alpha value is -3.17. The third kappa shape index (κ3) is 3.06. The van der Waals surface area contributed by atoms with Gasteiger partial charge < -0.3 is 20.2 Å². The van der Waals surface area contributed by atoms with Crippen LogP contribution in [0, 0.1) is 0 Å². The number of carbonyl (C=O) groups is 1. The number of carbonyl (C=O) groups excluding carboxylic acids is 1. The van der Waals surface area contributed by atoms with Gasteiger partial charge in [0.05, 0.1) is 21.6 Å². The minimum atomic E-state index is -3.89. The van der Waals surface area contributed by atoms with Crippen LogP contribution in [0.5, 0.6) is 5.75 Å². The van der Waals surface area contributed by atoms with Crippen molar-refractivity contribution in [3.8, 4) is 5.75 Å². The molecule has 8 nitrogen and oxygen atoms in total. The van der Waals surface area contributed by atoms with Crippen LogP contribution < -0.4 is 15.4 Å². The van der Waals surface area contributed by atoms with Crippen molar-refractivity contribution in [1.82, 2.24) is 14.3 Å². The Morgan fingerprint density at radius 1 is 1.27 bits per heavy atom. The Bertz CT molecular complexity index is 1280. The van der Waals surface area contributed by atoms with Gasteiger partial charge in [0, 0.05) is 24.5 Å². The Morgan fingerprint density at radius 2 is 2.17 bits per heavy atom. The topological polar surface area (TPSA) is 102 Å². The van der Waals surface area contributed by atoms with Gasteiger partial charge in [-0.15, -0.1) is 0 Å². The SMILES string of the molecule is O=CC1COc2ccc(S(=O)(=O)n3cc(C4=CCNCC4)c4ncccc43)cc2N1. The fourth-order valence-corrected chi connectivity index (χ4v) is 5.23. The summed E-state index contributed by atoms with van der Waals surface area (Å²) in [6.07, 6.45) is 6.95. The number of hydrogen-bond acceptors (Lipinski definition) is 7. The van der Waals surface area contributed by atoms with Crippen LogP contribution in [0.3, 0.4) is 0 Å². The van der Waals surface area contributed by atoms with Gasteiger partial charge in [-0.05, 0) is 48.9 Å². The third-order valence-electron chi connectivity index (χ3n) is 5.37. The van der Waals surface area contributed by atoms with E-state index in [-0.39, 0.29) is 11.5 Å². The van der Waals surface area contributed by atoms with Crippen LogP contribution in [-0.2, 0) is 14.8 Å². The first-order valence-corrected chi connectivity index (χ1v) is 11.1. The summed E-state index contributed by atoms with van der Waals surface area (Å²) < 4.78 is 33.9. The highest BCUT2D eigenvalue weighted by Gasteiger charge is 2.26. The first-order valence-electron chi connectivity index (χ1n) is 9.68. The molecule has 0 radical (unpaired) electrons. The number of nitrogens with one attached hydrogen (secondary N) is 2. The summed E-state index contributed by atoms with van der Waals surface area (Å²) in [5.74, 6) is 0.520. The van der Waals surface area contributed by atoms with E-state index >= 15 is 0 Å². The lowest BCUT2D eigenvalue weighted by Gasteiger charge is -2.24. The summed E-state index contributed by atoms with van der Waals surface area (Å²) in [5.41, 5.74) is 3.58. The van der Waals surface area contributed by atoms with Crippen molar-refractivity contribution in [2.24, 2.45) is 0 Å². The van der Waals surface area contributed by atoms with Crippen LogP contribution in [0.4, 0.5) is 5.69 Å². The number of pyridine rings is 1. The largest absolute Gasteiger partial charge is 0.489 e. The van der Waals surface area contributed by atoms with Crippen LogP contribution in [0.25, 0.3) is 16.6 Å². The molecule has 2 aliphatic heterocycles. The van der Waals surface area contributed by atoms with E-state index < -0.39 is 16.1 Å². The van der Waals surface area contributed by atoms with Gasteiger partial charge in [0.25, 0.3) is 10.0 Å². The third-order valence-corrected chi connectivity index (χ3v) is 7.04. The van der Waals surface area contributed by atoms with E-state index in [9.17, 15) is 13.2 Å². The van der Waals surface area contributed by atoms with E-state index in [1.54, 1.807) is 30.6 Å². The van der Waals surface area contributed by atoms with Crippen LogP contribution in [0.1, 0.15) is 12.0 Å². The summed E-state index contributed by atoms with van der Waals surface area (Å²) in [7, 11) is -3.89. The first-order chi connectivity index (χ1) is 14.6. The van der Waals surface area contributed by atoms with Crippen molar-refractivity contribution in [2.75, 3.05) is 25.0 Å². The first kappa shape index (κ1) is 18.8. The highest BCUT2D eigenvalue weighted by molar-refractivity contribution is 7.90. The van der Waals surface area contributed by atoms with Crippen molar-refractivity contribution >= 4 is 38.6 Å². The summed E-state index contributed by atoms with van der Waals surface area (Å²) in [6.45, 7) is 1.80. The molecule has 5 rings (SSSR count). The second-order valence-electron chi connectivity index (χ2n) is 7.25. The van der Waals surface area contributed by atoms with Gasteiger partial charge in [-0.1, -0.05) is 6.08 Å². The smallest absolute Gasteiger partial charge is 0.268 e. The van der Waals surface area contributed by atoms with Crippen LogP contribution in [-0.4, -0.2) is 49.4 Å². The number of fused-ring (bicyclic) bond motifs is 2. The summed E-state index contributed by atoms with van der Waals surface area (Å²) in [6, 6.07) is 7.61. The molecule has 1 unspecified atom stereocenters. The molecule has 0 fully saturated rings. The number of anilines is 1. The Balaban J connectivity index is 1.63. The lowest BCUT2D eigenvalue weighted by atomic mass is 10.0. The number of hydrogen-bond donors (Lipinski definition) is 2. The molecule has 9 heteroatoms. The zero-order valence-electron chi connectivity index (χ0n) is 16.0. The van der Waals surface area contributed by atoms with Gasteiger partial charge in [-0.3, -0.25) is 4.98 Å². The van der Waals surface area contributed by atoms with Crippen LogP contribution in [0.15, 0.2) is 53.7 Å². The van der Waals surface area contributed by atoms with E-state index in [1.807, 2.05) is 0 Å². The molecule has 2 aliphatic rings. The van der Waals surface area contributed by atoms with E-state index in [0.717, 1.165) is 36.9 Å². The van der Waals surface area contributed by atoms with Crippen molar-refractivity contribution in [2.45, 2.75) is 17.4 Å². The molecular formula is C21H20N4O4S. The van der Waals surface area contributed by atoms with Gasteiger partial charge in [0.2, 0.25) is 0 Å². The number of ether oxygens (including phenoxy) is 1. The van der Waals surface area contributed by atoms with E-state index in [0.29, 0.717) is 22.5 Å². The maximum atomic E-state index is 13.5. The number of rotatable bonds is 4. The minimum absolute atomic E-state index is 0.107. The second kappa shape index (κ2) is 7.26. The fraction of sp³-hybridized carbons (Fsp3) is 0.238. The van der Waals surface area contributed by atoms with Gasteiger partial charge in [0.15, 0.2) is 0 Å². The maximum Gasteiger partial charge on any atom is 0.268 e. The molecule has 30 heavy (non-hydrogen) atoms. The number of aromatic nitrogens is 2. The fourth-order valence-electron chi connectivity index (χ4n) is 3.85. The predicted molar refractivity (Wildman–Crippen MR) is 113 cm³/mol. The number of aldehydes is 1. The average Bonchev–Trinajstić information content (AvgIpc) is 3.19. The van der Waals surface area contributed by atoms with E-state index in [4.69, 9.17) is 4.74 Å². The summed E-state index contributed by atoms with van der Waals surface area (Å²) >= 11 is 0. The quantitative estimate of drug-likeness (QED) is 0.618. The molecule has 0 amide bonds. The molecule has 1 atom stereocenters. The minimum Gasteiger partial charge on any atom is -0.489 e. The zero-order chi connectivity index (χ0) is 20.7. The highest BCUT2D eigenvalue weighted by Crippen LogP contribution is 2.34. The molecule has 0 saturated carbocycles. The summed E-state index contributed by atoms with van der Waals surface area (Å²) in [5, 5.41) is 6.28.